The lowest BCUT2D eigenvalue weighted by molar-refractivity contribution is -0.384. The van der Waals surface area contributed by atoms with Gasteiger partial charge in [0.1, 0.15) is 5.69 Å². The van der Waals surface area contributed by atoms with Gasteiger partial charge in [-0.25, -0.2) is 0 Å². The lowest BCUT2D eigenvalue weighted by Crippen LogP contribution is -2.35. The molecule has 0 aliphatic heterocycles. The number of nitrogens with zero attached hydrogens (tertiary/aromatic N) is 1. The zero-order chi connectivity index (χ0) is 14.0. The molecule has 3 atom stereocenters. The van der Waals surface area contributed by atoms with Gasteiger partial charge in [-0.3, -0.25) is 10.1 Å². The molecule has 104 valence electrons. The first-order valence-electron chi connectivity index (χ1n) is 6.69. The molecule has 0 amide bonds. The van der Waals surface area contributed by atoms with Gasteiger partial charge in [0.25, 0.3) is 5.69 Å². The summed E-state index contributed by atoms with van der Waals surface area (Å²) in [6.07, 6.45) is 3.52. The number of nitro groups is 1. The zero-order valence-corrected chi connectivity index (χ0v) is 12.8. The minimum absolute atomic E-state index is 0.139. The van der Waals surface area contributed by atoms with Crippen molar-refractivity contribution in [1.82, 2.24) is 0 Å². The van der Waals surface area contributed by atoms with Crippen molar-refractivity contribution in [2.45, 2.75) is 39.2 Å². The second kappa shape index (κ2) is 5.90. The van der Waals surface area contributed by atoms with Crippen LogP contribution in [0.25, 0.3) is 0 Å². The summed E-state index contributed by atoms with van der Waals surface area (Å²) in [5, 5.41) is 14.5. The molecule has 0 bridgehead atoms. The maximum atomic E-state index is 11.1. The standard InChI is InChI=1S/C14H19BrN2O2/c1-9-4-3-5-12(10(9)2)16-13-7-6-11(15)8-14(13)17(18)19/h6-10,12,16H,3-5H2,1-2H3. The SMILES string of the molecule is CC1CCCC(Nc2ccc(Br)cc2[N+](=O)[O-])C1C. The smallest absolute Gasteiger partial charge is 0.293 e. The van der Waals surface area contributed by atoms with Crippen molar-refractivity contribution in [3.8, 4) is 0 Å². The molecular weight excluding hydrogens is 308 g/mol. The number of benzene rings is 1. The molecule has 1 saturated carbocycles. The third kappa shape index (κ3) is 3.26. The summed E-state index contributed by atoms with van der Waals surface area (Å²) in [7, 11) is 0. The number of hydrogen-bond donors (Lipinski definition) is 1. The summed E-state index contributed by atoms with van der Waals surface area (Å²) in [5.74, 6) is 1.21. The Hall–Kier alpha value is -1.10. The van der Waals surface area contributed by atoms with E-state index in [-0.39, 0.29) is 10.6 Å². The van der Waals surface area contributed by atoms with Crippen molar-refractivity contribution < 1.29 is 4.92 Å². The van der Waals surface area contributed by atoms with Gasteiger partial charge in [0, 0.05) is 16.6 Å². The molecule has 5 heteroatoms. The topological polar surface area (TPSA) is 55.2 Å². The van der Waals surface area contributed by atoms with Gasteiger partial charge in [0.2, 0.25) is 0 Å². The fraction of sp³-hybridized carbons (Fsp3) is 0.571. The predicted octanol–water partition coefficient (Wildman–Crippen LogP) is 4.59. The summed E-state index contributed by atoms with van der Waals surface area (Å²) in [6.45, 7) is 4.49. The highest BCUT2D eigenvalue weighted by Crippen LogP contribution is 2.34. The van der Waals surface area contributed by atoms with Gasteiger partial charge in [0.05, 0.1) is 4.92 Å². The Morgan fingerprint density at radius 3 is 2.79 bits per heavy atom. The van der Waals surface area contributed by atoms with Crippen molar-refractivity contribution in [3.05, 3.63) is 32.8 Å². The molecule has 0 aromatic heterocycles. The van der Waals surface area contributed by atoms with Crippen LogP contribution in [0.1, 0.15) is 33.1 Å². The quantitative estimate of drug-likeness (QED) is 0.652. The first-order chi connectivity index (χ1) is 8.99. The number of rotatable bonds is 3. The molecular formula is C14H19BrN2O2. The van der Waals surface area contributed by atoms with Crippen LogP contribution in [0.3, 0.4) is 0 Å². The summed E-state index contributed by atoms with van der Waals surface area (Å²) >= 11 is 3.28. The van der Waals surface area contributed by atoms with E-state index in [0.717, 1.165) is 10.9 Å². The van der Waals surface area contributed by atoms with E-state index in [2.05, 4.69) is 35.1 Å². The Balaban J connectivity index is 2.21. The van der Waals surface area contributed by atoms with Crippen LogP contribution in [0, 0.1) is 22.0 Å². The number of halogens is 1. The Bertz CT molecular complexity index is 479. The predicted molar refractivity (Wildman–Crippen MR) is 80.4 cm³/mol. The molecule has 1 aliphatic carbocycles. The summed E-state index contributed by atoms with van der Waals surface area (Å²) in [6, 6.07) is 5.50. The summed E-state index contributed by atoms with van der Waals surface area (Å²) in [5.41, 5.74) is 0.763. The molecule has 0 heterocycles. The van der Waals surface area contributed by atoms with E-state index in [1.807, 2.05) is 6.07 Å². The van der Waals surface area contributed by atoms with Crippen molar-refractivity contribution >= 4 is 27.3 Å². The van der Waals surface area contributed by atoms with Gasteiger partial charge in [-0.1, -0.05) is 42.6 Å². The average molecular weight is 327 g/mol. The minimum atomic E-state index is -0.329. The van der Waals surface area contributed by atoms with Crippen LogP contribution in [-0.4, -0.2) is 11.0 Å². The second-order valence-electron chi connectivity index (χ2n) is 5.44. The average Bonchev–Trinajstić information content (AvgIpc) is 2.36. The molecule has 1 fully saturated rings. The monoisotopic (exact) mass is 326 g/mol. The van der Waals surface area contributed by atoms with Crippen molar-refractivity contribution in [1.29, 1.82) is 0 Å². The largest absolute Gasteiger partial charge is 0.376 e. The highest BCUT2D eigenvalue weighted by atomic mass is 79.9. The Morgan fingerprint density at radius 2 is 2.11 bits per heavy atom. The van der Waals surface area contributed by atoms with E-state index in [0.29, 0.717) is 23.6 Å². The third-order valence-corrected chi connectivity index (χ3v) is 4.70. The van der Waals surface area contributed by atoms with E-state index in [1.54, 1.807) is 12.1 Å². The fourth-order valence-electron chi connectivity index (χ4n) is 2.76. The molecule has 1 aromatic carbocycles. The fourth-order valence-corrected chi connectivity index (χ4v) is 3.11. The molecule has 0 saturated heterocycles. The molecule has 2 rings (SSSR count). The maximum Gasteiger partial charge on any atom is 0.293 e. The number of hydrogen-bond acceptors (Lipinski definition) is 3. The van der Waals surface area contributed by atoms with Crippen LogP contribution in [-0.2, 0) is 0 Å². The molecule has 1 N–H and O–H groups in total. The zero-order valence-electron chi connectivity index (χ0n) is 11.2. The van der Waals surface area contributed by atoms with Crippen LogP contribution in [0.2, 0.25) is 0 Å². The van der Waals surface area contributed by atoms with Crippen molar-refractivity contribution in [2.24, 2.45) is 11.8 Å². The lowest BCUT2D eigenvalue weighted by Gasteiger charge is -2.35. The number of anilines is 1. The van der Waals surface area contributed by atoms with Crippen molar-refractivity contribution in [3.63, 3.8) is 0 Å². The Kier molecular flexibility index (Phi) is 4.45. The van der Waals surface area contributed by atoms with Gasteiger partial charge in [-0.2, -0.15) is 0 Å². The number of nitro benzene ring substituents is 1. The number of nitrogens with one attached hydrogen (secondary N) is 1. The molecule has 3 unspecified atom stereocenters. The Labute approximate surface area is 121 Å². The Morgan fingerprint density at radius 1 is 1.37 bits per heavy atom. The normalized spacial score (nSPS) is 27.0. The van der Waals surface area contributed by atoms with Gasteiger partial charge in [0.15, 0.2) is 0 Å². The van der Waals surface area contributed by atoms with E-state index in [1.165, 1.54) is 12.8 Å². The molecule has 0 spiro atoms. The van der Waals surface area contributed by atoms with Crippen molar-refractivity contribution in [2.75, 3.05) is 5.32 Å². The molecule has 4 nitrogen and oxygen atoms in total. The van der Waals surface area contributed by atoms with Crippen LogP contribution in [0.15, 0.2) is 22.7 Å². The van der Waals surface area contributed by atoms with Gasteiger partial charge in [-0.05, 0) is 30.4 Å². The van der Waals surface area contributed by atoms with Gasteiger partial charge >= 0.3 is 0 Å². The second-order valence-corrected chi connectivity index (χ2v) is 6.35. The summed E-state index contributed by atoms with van der Waals surface area (Å²) in [4.78, 5) is 10.8. The van der Waals surface area contributed by atoms with Crippen LogP contribution >= 0.6 is 15.9 Å². The van der Waals surface area contributed by atoms with E-state index in [4.69, 9.17) is 0 Å². The maximum absolute atomic E-state index is 11.1. The molecule has 1 aliphatic rings. The lowest BCUT2D eigenvalue weighted by atomic mass is 9.78. The van der Waals surface area contributed by atoms with Crippen LogP contribution in [0.4, 0.5) is 11.4 Å². The van der Waals surface area contributed by atoms with Crippen LogP contribution < -0.4 is 5.32 Å². The molecule has 19 heavy (non-hydrogen) atoms. The minimum Gasteiger partial charge on any atom is -0.376 e. The first-order valence-corrected chi connectivity index (χ1v) is 7.49. The highest BCUT2D eigenvalue weighted by Gasteiger charge is 2.28. The highest BCUT2D eigenvalue weighted by molar-refractivity contribution is 9.10. The van der Waals surface area contributed by atoms with Gasteiger partial charge < -0.3 is 5.32 Å². The van der Waals surface area contributed by atoms with E-state index in [9.17, 15) is 10.1 Å². The molecule has 1 aromatic rings. The van der Waals surface area contributed by atoms with Crippen LogP contribution in [0.5, 0.6) is 0 Å². The van der Waals surface area contributed by atoms with Gasteiger partial charge in [-0.15, -0.1) is 0 Å². The first kappa shape index (κ1) is 14.3. The molecule has 0 radical (unpaired) electrons. The van der Waals surface area contributed by atoms with E-state index >= 15 is 0 Å². The summed E-state index contributed by atoms with van der Waals surface area (Å²) < 4.78 is 0.731. The van der Waals surface area contributed by atoms with E-state index < -0.39 is 0 Å². The third-order valence-electron chi connectivity index (χ3n) is 4.20.